The van der Waals surface area contributed by atoms with Crippen LogP contribution >= 0.6 is 12.6 Å². The molecule has 0 radical (unpaired) electrons. The normalized spacial score (nSPS) is 22.7. The molecule has 0 aliphatic carbocycles. The van der Waals surface area contributed by atoms with Crippen molar-refractivity contribution in [3.05, 3.63) is 0 Å². The maximum Gasteiger partial charge on any atom is 0.410 e. The zero-order valence-electron chi connectivity index (χ0n) is 9.52. The van der Waals surface area contributed by atoms with Crippen LogP contribution in [0.2, 0.25) is 0 Å². The predicted molar refractivity (Wildman–Crippen MR) is 61.4 cm³/mol. The number of hydrogen-bond donors (Lipinski definition) is 1. The van der Waals surface area contributed by atoms with Crippen LogP contribution in [0.4, 0.5) is 4.79 Å². The Labute approximate surface area is 96.3 Å². The van der Waals surface area contributed by atoms with Gasteiger partial charge in [-0.2, -0.15) is 12.6 Å². The maximum absolute atomic E-state index is 11.7. The summed E-state index contributed by atoms with van der Waals surface area (Å²) in [7, 11) is 0. The molecule has 1 aliphatic rings. The summed E-state index contributed by atoms with van der Waals surface area (Å²) in [5, 5.41) is 0. The maximum atomic E-state index is 11.7. The summed E-state index contributed by atoms with van der Waals surface area (Å²) in [6, 6.07) is 0. The molecule has 1 fully saturated rings. The number of rotatable bonds is 1. The molecule has 1 amide bonds. The summed E-state index contributed by atoms with van der Waals surface area (Å²) in [6.45, 7) is 7.31. The number of carbonyl (C=O) groups is 1. The highest BCUT2D eigenvalue weighted by Crippen LogP contribution is 2.13. The highest BCUT2D eigenvalue weighted by Gasteiger charge is 2.27. The van der Waals surface area contributed by atoms with Crippen LogP contribution in [0, 0.1) is 0 Å². The molecule has 1 saturated heterocycles. The third kappa shape index (κ3) is 4.30. The quantitative estimate of drug-likeness (QED) is 0.698. The van der Waals surface area contributed by atoms with Crippen molar-refractivity contribution in [1.29, 1.82) is 0 Å². The lowest BCUT2D eigenvalue weighted by molar-refractivity contribution is -0.0336. The second kappa shape index (κ2) is 5.07. The molecule has 1 aliphatic heterocycles. The van der Waals surface area contributed by atoms with E-state index >= 15 is 0 Å². The summed E-state index contributed by atoms with van der Waals surface area (Å²) >= 11 is 4.16. The van der Waals surface area contributed by atoms with E-state index in [1.807, 2.05) is 20.8 Å². The summed E-state index contributed by atoms with van der Waals surface area (Å²) in [6.07, 6.45) is -0.243. The summed E-state index contributed by atoms with van der Waals surface area (Å²) < 4.78 is 10.7. The number of nitrogens with zero attached hydrogens (tertiary/aromatic N) is 1. The zero-order valence-corrected chi connectivity index (χ0v) is 10.4. The van der Waals surface area contributed by atoms with Gasteiger partial charge in [0.25, 0.3) is 0 Å². The van der Waals surface area contributed by atoms with Crippen LogP contribution in [0.3, 0.4) is 0 Å². The molecule has 88 valence electrons. The SMILES string of the molecule is CC(C)(C)OC(=O)N1CCO[C@H](CS)C1. The summed E-state index contributed by atoms with van der Waals surface area (Å²) in [5.41, 5.74) is -0.439. The lowest BCUT2D eigenvalue weighted by atomic mass is 10.2. The number of carbonyl (C=O) groups excluding carboxylic acids is 1. The molecular formula is C10H19NO3S. The van der Waals surface area contributed by atoms with E-state index < -0.39 is 5.60 Å². The smallest absolute Gasteiger partial charge is 0.410 e. The van der Waals surface area contributed by atoms with Crippen molar-refractivity contribution >= 4 is 18.7 Å². The first-order valence-corrected chi connectivity index (χ1v) is 5.76. The molecule has 1 rings (SSSR count). The van der Waals surface area contributed by atoms with Crippen molar-refractivity contribution in [1.82, 2.24) is 4.90 Å². The average molecular weight is 233 g/mol. The Bertz CT molecular complexity index is 227. The minimum atomic E-state index is -0.439. The fourth-order valence-electron chi connectivity index (χ4n) is 1.32. The molecule has 1 heterocycles. The largest absolute Gasteiger partial charge is 0.444 e. The summed E-state index contributed by atoms with van der Waals surface area (Å²) in [5.74, 6) is 0.624. The van der Waals surface area contributed by atoms with Gasteiger partial charge in [0, 0.05) is 12.3 Å². The fourth-order valence-corrected chi connectivity index (χ4v) is 1.54. The fraction of sp³-hybridized carbons (Fsp3) is 0.900. The second-order valence-corrected chi connectivity index (χ2v) is 4.97. The number of thiol groups is 1. The van der Waals surface area contributed by atoms with E-state index in [9.17, 15) is 4.79 Å². The van der Waals surface area contributed by atoms with E-state index in [-0.39, 0.29) is 12.2 Å². The third-order valence-electron chi connectivity index (χ3n) is 1.99. The first-order chi connectivity index (χ1) is 6.92. The van der Waals surface area contributed by atoms with Gasteiger partial charge in [-0.3, -0.25) is 0 Å². The van der Waals surface area contributed by atoms with Gasteiger partial charge < -0.3 is 14.4 Å². The molecule has 15 heavy (non-hydrogen) atoms. The molecule has 0 unspecified atom stereocenters. The average Bonchev–Trinajstić information content (AvgIpc) is 2.15. The lowest BCUT2D eigenvalue weighted by Gasteiger charge is -2.33. The predicted octanol–water partition coefficient (Wildman–Crippen LogP) is 1.55. The van der Waals surface area contributed by atoms with Gasteiger partial charge in [0.1, 0.15) is 5.60 Å². The number of amides is 1. The molecule has 1 atom stereocenters. The van der Waals surface area contributed by atoms with Crippen LogP contribution < -0.4 is 0 Å². The Hall–Kier alpha value is -0.420. The van der Waals surface area contributed by atoms with Gasteiger partial charge >= 0.3 is 6.09 Å². The Balaban J connectivity index is 2.45. The molecule has 0 aromatic heterocycles. The second-order valence-electron chi connectivity index (χ2n) is 4.60. The van der Waals surface area contributed by atoms with Crippen LogP contribution in [-0.2, 0) is 9.47 Å². The molecule has 0 aromatic rings. The monoisotopic (exact) mass is 233 g/mol. The van der Waals surface area contributed by atoms with Crippen molar-refractivity contribution in [2.45, 2.75) is 32.5 Å². The van der Waals surface area contributed by atoms with Crippen molar-refractivity contribution in [2.75, 3.05) is 25.4 Å². The molecule has 0 N–H and O–H groups in total. The lowest BCUT2D eigenvalue weighted by Crippen LogP contribution is -2.48. The number of ether oxygens (including phenoxy) is 2. The van der Waals surface area contributed by atoms with Crippen LogP contribution in [0.1, 0.15) is 20.8 Å². The van der Waals surface area contributed by atoms with Crippen LogP contribution in [0.25, 0.3) is 0 Å². The summed E-state index contributed by atoms with van der Waals surface area (Å²) in [4.78, 5) is 13.4. The van der Waals surface area contributed by atoms with Gasteiger partial charge in [0.05, 0.1) is 19.3 Å². The van der Waals surface area contributed by atoms with Crippen LogP contribution in [0.15, 0.2) is 0 Å². The molecular weight excluding hydrogens is 214 g/mol. The van der Waals surface area contributed by atoms with Crippen molar-refractivity contribution in [3.63, 3.8) is 0 Å². The van der Waals surface area contributed by atoms with E-state index in [2.05, 4.69) is 12.6 Å². The minimum Gasteiger partial charge on any atom is -0.444 e. The molecule has 0 spiro atoms. The number of hydrogen-bond acceptors (Lipinski definition) is 4. The van der Waals surface area contributed by atoms with Gasteiger partial charge in [0.15, 0.2) is 0 Å². The Morgan fingerprint density at radius 2 is 2.27 bits per heavy atom. The van der Waals surface area contributed by atoms with E-state index in [0.717, 1.165) is 0 Å². The molecule has 4 nitrogen and oxygen atoms in total. The topological polar surface area (TPSA) is 38.8 Å². The Kier molecular flexibility index (Phi) is 4.28. The van der Waals surface area contributed by atoms with Gasteiger partial charge in [-0.15, -0.1) is 0 Å². The van der Waals surface area contributed by atoms with Crippen LogP contribution in [-0.4, -0.2) is 48.1 Å². The van der Waals surface area contributed by atoms with E-state index in [4.69, 9.17) is 9.47 Å². The van der Waals surface area contributed by atoms with E-state index in [1.54, 1.807) is 4.90 Å². The standard InChI is InChI=1S/C10H19NO3S/c1-10(2,3)14-9(12)11-4-5-13-8(6-11)7-15/h8,15H,4-7H2,1-3H3/t8-/m0/s1. The number of morpholine rings is 1. The molecule has 0 bridgehead atoms. The zero-order chi connectivity index (χ0) is 11.5. The first kappa shape index (κ1) is 12.6. The van der Waals surface area contributed by atoms with Crippen LogP contribution in [0.5, 0.6) is 0 Å². The van der Waals surface area contributed by atoms with Gasteiger partial charge in [-0.25, -0.2) is 4.79 Å². The van der Waals surface area contributed by atoms with Crippen molar-refractivity contribution in [2.24, 2.45) is 0 Å². The molecule has 0 saturated carbocycles. The highest BCUT2D eigenvalue weighted by atomic mass is 32.1. The Morgan fingerprint density at radius 3 is 2.80 bits per heavy atom. The molecule has 5 heteroatoms. The van der Waals surface area contributed by atoms with Gasteiger partial charge in [0.2, 0.25) is 0 Å². The van der Waals surface area contributed by atoms with E-state index in [1.165, 1.54) is 0 Å². The molecule has 0 aromatic carbocycles. The van der Waals surface area contributed by atoms with Gasteiger partial charge in [-0.05, 0) is 20.8 Å². The Morgan fingerprint density at radius 1 is 1.60 bits per heavy atom. The van der Waals surface area contributed by atoms with Crippen molar-refractivity contribution < 1.29 is 14.3 Å². The first-order valence-electron chi connectivity index (χ1n) is 5.13. The van der Waals surface area contributed by atoms with Crippen molar-refractivity contribution in [3.8, 4) is 0 Å². The van der Waals surface area contributed by atoms with E-state index in [0.29, 0.717) is 25.4 Å². The van der Waals surface area contributed by atoms with Gasteiger partial charge in [-0.1, -0.05) is 0 Å². The third-order valence-corrected chi connectivity index (χ3v) is 2.40. The highest BCUT2D eigenvalue weighted by molar-refractivity contribution is 7.80. The minimum absolute atomic E-state index is 0.0228.